The zero-order valence-electron chi connectivity index (χ0n) is 16.8. The van der Waals surface area contributed by atoms with Gasteiger partial charge in [0.1, 0.15) is 16.1 Å². The molecule has 0 saturated carbocycles. The van der Waals surface area contributed by atoms with Crippen LogP contribution in [0.25, 0.3) is 21.7 Å². The van der Waals surface area contributed by atoms with Crippen LogP contribution in [0.4, 0.5) is 10.8 Å². The van der Waals surface area contributed by atoms with E-state index in [0.29, 0.717) is 41.8 Å². The molecule has 3 aromatic rings. The first-order valence-corrected chi connectivity index (χ1v) is 10.7. The Hall–Kier alpha value is -2.32. The van der Waals surface area contributed by atoms with Crippen LogP contribution in [0.2, 0.25) is 5.02 Å². The van der Waals surface area contributed by atoms with Crippen molar-refractivity contribution in [1.82, 2.24) is 14.9 Å². The molecule has 0 bridgehead atoms. The average molecular weight is 435 g/mol. The molecule has 0 radical (unpaired) electrons. The Balaban J connectivity index is 1.58. The van der Waals surface area contributed by atoms with E-state index in [1.165, 1.54) is 11.3 Å². The first-order valence-electron chi connectivity index (χ1n) is 9.46. The predicted molar refractivity (Wildman–Crippen MR) is 115 cm³/mol. The third kappa shape index (κ3) is 4.18. The fourth-order valence-corrected chi connectivity index (χ4v) is 4.22. The number of hydrogen-bond donors (Lipinski definition) is 0. The molecule has 0 aliphatic carbocycles. The summed E-state index contributed by atoms with van der Waals surface area (Å²) in [5.74, 6) is 0. The molecule has 7 nitrogen and oxygen atoms in total. The Bertz CT molecular complexity index is 1030. The number of thiazole rings is 1. The minimum absolute atomic E-state index is 0.0307. The highest BCUT2D eigenvalue weighted by molar-refractivity contribution is 7.13. The monoisotopic (exact) mass is 434 g/mol. The maximum Gasteiger partial charge on any atom is 0.410 e. The van der Waals surface area contributed by atoms with Crippen LogP contribution in [0, 0.1) is 0 Å². The zero-order chi connectivity index (χ0) is 20.8. The van der Waals surface area contributed by atoms with E-state index < -0.39 is 5.60 Å². The van der Waals surface area contributed by atoms with Crippen molar-refractivity contribution in [2.45, 2.75) is 39.3 Å². The number of halogens is 1. The minimum atomic E-state index is -0.511. The van der Waals surface area contributed by atoms with Crippen LogP contribution >= 0.6 is 22.9 Å². The molecule has 0 spiro atoms. The van der Waals surface area contributed by atoms with Gasteiger partial charge in [-0.2, -0.15) is 4.98 Å². The molecule has 1 saturated heterocycles. The van der Waals surface area contributed by atoms with Crippen molar-refractivity contribution in [3.8, 4) is 10.6 Å². The van der Waals surface area contributed by atoms with Gasteiger partial charge in [0.25, 0.3) is 6.01 Å². The third-order valence-electron chi connectivity index (χ3n) is 4.63. The van der Waals surface area contributed by atoms with E-state index in [1.54, 1.807) is 17.2 Å². The van der Waals surface area contributed by atoms with E-state index in [4.69, 9.17) is 20.8 Å². The second-order valence-corrected chi connectivity index (χ2v) is 9.44. The van der Waals surface area contributed by atoms with Gasteiger partial charge in [-0.25, -0.2) is 9.78 Å². The van der Waals surface area contributed by atoms with E-state index in [1.807, 2.05) is 39.1 Å². The lowest BCUT2D eigenvalue weighted by Gasteiger charge is -2.39. The molecule has 1 amide bonds. The van der Waals surface area contributed by atoms with Crippen molar-refractivity contribution >= 4 is 46.1 Å². The molecule has 1 unspecified atom stereocenters. The summed E-state index contributed by atoms with van der Waals surface area (Å²) in [6.07, 6.45) is 1.46. The number of fused-ring (bicyclic) bond motifs is 1. The van der Waals surface area contributed by atoms with E-state index in [9.17, 15) is 4.79 Å². The first kappa shape index (κ1) is 20.0. The van der Waals surface area contributed by atoms with Gasteiger partial charge in [0.15, 0.2) is 5.58 Å². The Morgan fingerprint density at radius 1 is 1.34 bits per heavy atom. The third-order valence-corrected chi connectivity index (χ3v) is 5.66. The summed E-state index contributed by atoms with van der Waals surface area (Å²) in [6, 6.07) is 4.20. The van der Waals surface area contributed by atoms with Crippen molar-refractivity contribution in [3.63, 3.8) is 0 Å². The molecule has 29 heavy (non-hydrogen) atoms. The number of piperazine rings is 1. The molecule has 1 aliphatic heterocycles. The molecule has 1 aromatic carbocycles. The summed E-state index contributed by atoms with van der Waals surface area (Å²) >= 11 is 7.82. The van der Waals surface area contributed by atoms with Crippen molar-refractivity contribution in [2.75, 3.05) is 24.5 Å². The lowest BCUT2D eigenvalue weighted by Crippen LogP contribution is -2.54. The Kier molecular flexibility index (Phi) is 5.16. The predicted octanol–water partition coefficient (Wildman–Crippen LogP) is 5.05. The van der Waals surface area contributed by atoms with Crippen LogP contribution in [0.1, 0.15) is 27.7 Å². The Morgan fingerprint density at radius 2 is 2.14 bits per heavy atom. The van der Waals surface area contributed by atoms with Crippen LogP contribution < -0.4 is 4.90 Å². The van der Waals surface area contributed by atoms with Gasteiger partial charge in [-0.05, 0) is 39.8 Å². The Morgan fingerprint density at radius 3 is 2.79 bits per heavy atom. The van der Waals surface area contributed by atoms with Crippen LogP contribution in [-0.2, 0) is 4.74 Å². The summed E-state index contributed by atoms with van der Waals surface area (Å²) in [5.41, 5.74) is 1.69. The number of hydrogen-bond acceptors (Lipinski definition) is 7. The standard InChI is InChI=1S/C20H23ClN4O3S/c1-12-11-24(19(26)28-20(2,3)4)6-7-25(12)18-23-15-10-13(21)9-14(16(15)27-18)17-22-5-8-29-17/h5,8-10,12H,6-7,11H2,1-4H3. The van der Waals surface area contributed by atoms with Crippen LogP contribution in [0.15, 0.2) is 28.1 Å². The molecule has 4 rings (SSSR count). The van der Waals surface area contributed by atoms with Crippen molar-refractivity contribution in [3.05, 3.63) is 28.7 Å². The van der Waals surface area contributed by atoms with Gasteiger partial charge < -0.3 is 19.0 Å². The molecule has 1 fully saturated rings. The normalized spacial score (nSPS) is 17.8. The quantitative estimate of drug-likeness (QED) is 0.562. The Labute approximate surface area is 178 Å². The van der Waals surface area contributed by atoms with Crippen LogP contribution in [0.3, 0.4) is 0 Å². The number of carbonyl (C=O) groups is 1. The topological polar surface area (TPSA) is 71.7 Å². The highest BCUT2D eigenvalue weighted by Crippen LogP contribution is 2.36. The van der Waals surface area contributed by atoms with Crippen LogP contribution in [-0.4, -0.2) is 52.2 Å². The first-order chi connectivity index (χ1) is 13.7. The molecular weight excluding hydrogens is 412 g/mol. The van der Waals surface area contributed by atoms with E-state index in [-0.39, 0.29) is 12.1 Å². The fraction of sp³-hybridized carbons (Fsp3) is 0.450. The fourth-order valence-electron chi connectivity index (χ4n) is 3.36. The van der Waals surface area contributed by atoms with E-state index in [0.717, 1.165) is 10.6 Å². The second-order valence-electron chi connectivity index (χ2n) is 8.10. The molecule has 1 aliphatic rings. The number of benzene rings is 1. The van der Waals surface area contributed by atoms with Crippen molar-refractivity contribution in [1.29, 1.82) is 0 Å². The summed E-state index contributed by atoms with van der Waals surface area (Å²) in [7, 11) is 0. The molecular formula is C20H23ClN4O3S. The average Bonchev–Trinajstić information content (AvgIpc) is 3.29. The van der Waals surface area contributed by atoms with Gasteiger partial charge in [-0.3, -0.25) is 0 Å². The van der Waals surface area contributed by atoms with Gasteiger partial charge in [0.2, 0.25) is 0 Å². The smallest absolute Gasteiger partial charge is 0.410 e. The number of rotatable bonds is 2. The van der Waals surface area contributed by atoms with Crippen molar-refractivity contribution in [2.24, 2.45) is 0 Å². The summed E-state index contributed by atoms with van der Waals surface area (Å²) in [6.45, 7) is 9.33. The number of nitrogens with zero attached hydrogens (tertiary/aromatic N) is 4. The number of amides is 1. The summed E-state index contributed by atoms with van der Waals surface area (Å²) in [5, 5.41) is 3.34. The van der Waals surface area contributed by atoms with Gasteiger partial charge in [0.05, 0.1) is 5.56 Å². The number of oxazole rings is 1. The minimum Gasteiger partial charge on any atom is -0.444 e. The molecule has 0 N–H and O–H groups in total. The van der Waals surface area contributed by atoms with Gasteiger partial charge in [-0.1, -0.05) is 11.6 Å². The molecule has 2 aromatic heterocycles. The number of carbonyl (C=O) groups excluding carboxylic acids is 1. The maximum atomic E-state index is 12.4. The van der Waals surface area contributed by atoms with E-state index >= 15 is 0 Å². The lowest BCUT2D eigenvalue weighted by molar-refractivity contribution is 0.0216. The number of ether oxygens (including phenoxy) is 1. The SMILES string of the molecule is CC1CN(C(=O)OC(C)(C)C)CCN1c1nc2cc(Cl)cc(-c3nccs3)c2o1. The molecule has 9 heteroatoms. The maximum absolute atomic E-state index is 12.4. The second kappa shape index (κ2) is 7.50. The van der Waals surface area contributed by atoms with E-state index in [2.05, 4.69) is 14.9 Å². The largest absolute Gasteiger partial charge is 0.444 e. The highest BCUT2D eigenvalue weighted by atomic mass is 35.5. The zero-order valence-corrected chi connectivity index (χ0v) is 18.4. The summed E-state index contributed by atoms with van der Waals surface area (Å²) < 4.78 is 11.6. The molecule has 1 atom stereocenters. The number of aromatic nitrogens is 2. The van der Waals surface area contributed by atoms with Gasteiger partial charge in [-0.15, -0.1) is 11.3 Å². The number of anilines is 1. The van der Waals surface area contributed by atoms with Gasteiger partial charge in [0, 0.05) is 42.3 Å². The van der Waals surface area contributed by atoms with Gasteiger partial charge >= 0.3 is 6.09 Å². The van der Waals surface area contributed by atoms with Crippen LogP contribution in [0.5, 0.6) is 0 Å². The summed E-state index contributed by atoms with van der Waals surface area (Å²) in [4.78, 5) is 25.2. The molecule has 3 heterocycles. The van der Waals surface area contributed by atoms with Crippen molar-refractivity contribution < 1.29 is 13.9 Å². The molecule has 154 valence electrons. The highest BCUT2D eigenvalue weighted by Gasteiger charge is 2.32. The lowest BCUT2D eigenvalue weighted by atomic mass is 10.2.